The molecule has 1 saturated heterocycles. The van der Waals surface area contributed by atoms with Gasteiger partial charge in [-0.1, -0.05) is 30.3 Å². The van der Waals surface area contributed by atoms with E-state index in [2.05, 4.69) is 35.4 Å². The van der Waals surface area contributed by atoms with Crippen molar-refractivity contribution < 1.29 is 4.79 Å². The number of hydrogen-bond acceptors (Lipinski definition) is 2. The largest absolute Gasteiger partial charge is 0.338 e. The van der Waals surface area contributed by atoms with Gasteiger partial charge < -0.3 is 4.90 Å². The molecule has 0 saturated carbocycles. The lowest BCUT2D eigenvalue weighted by molar-refractivity contribution is 0.0711. The van der Waals surface area contributed by atoms with Gasteiger partial charge in [-0.15, -0.1) is 0 Å². The maximum atomic E-state index is 12.8. The molecule has 0 bridgehead atoms. The monoisotopic (exact) mass is 297 g/mol. The summed E-state index contributed by atoms with van der Waals surface area (Å²) in [5, 5.41) is 4.36. The van der Waals surface area contributed by atoms with Crippen LogP contribution in [0.25, 0.3) is 0 Å². The van der Waals surface area contributed by atoms with Crippen molar-refractivity contribution >= 4 is 5.91 Å². The summed E-state index contributed by atoms with van der Waals surface area (Å²) in [5.41, 5.74) is 3.95. The first-order chi connectivity index (χ1) is 10.6. The minimum Gasteiger partial charge on any atom is -0.338 e. The van der Waals surface area contributed by atoms with Crippen LogP contribution < -0.4 is 0 Å². The van der Waals surface area contributed by atoms with Crippen molar-refractivity contribution in [2.24, 2.45) is 7.05 Å². The lowest BCUT2D eigenvalue weighted by Gasteiger charge is -2.32. The highest BCUT2D eigenvalue weighted by Gasteiger charge is 2.27. The summed E-state index contributed by atoms with van der Waals surface area (Å²) in [4.78, 5) is 14.8. The number of nitrogens with zero attached hydrogens (tertiary/aromatic N) is 3. The minimum atomic E-state index is 0.134. The van der Waals surface area contributed by atoms with E-state index in [1.165, 1.54) is 5.56 Å². The molecular formula is C18H23N3O. The molecule has 4 heteroatoms. The van der Waals surface area contributed by atoms with Crippen LogP contribution in [0.15, 0.2) is 30.3 Å². The number of hydrogen-bond donors (Lipinski definition) is 0. The maximum Gasteiger partial charge on any atom is 0.257 e. The molecule has 1 fully saturated rings. The lowest BCUT2D eigenvalue weighted by atomic mass is 9.89. The van der Waals surface area contributed by atoms with Crippen molar-refractivity contribution in [3.05, 3.63) is 52.8 Å². The first-order valence-corrected chi connectivity index (χ1v) is 7.92. The van der Waals surface area contributed by atoms with Gasteiger partial charge in [0.15, 0.2) is 0 Å². The molecule has 22 heavy (non-hydrogen) atoms. The predicted octanol–water partition coefficient (Wildman–Crippen LogP) is 3.06. The van der Waals surface area contributed by atoms with Gasteiger partial charge in [-0.3, -0.25) is 9.48 Å². The van der Waals surface area contributed by atoms with Crippen molar-refractivity contribution in [1.29, 1.82) is 0 Å². The third-order valence-corrected chi connectivity index (χ3v) is 4.78. The number of likely N-dealkylation sites (tertiary alicyclic amines) is 1. The number of aryl methyl sites for hydroxylation is 2. The van der Waals surface area contributed by atoms with Crippen molar-refractivity contribution in [3.63, 3.8) is 0 Å². The zero-order valence-electron chi connectivity index (χ0n) is 13.5. The van der Waals surface area contributed by atoms with E-state index in [4.69, 9.17) is 0 Å². The third-order valence-electron chi connectivity index (χ3n) is 4.78. The normalized spacial score (nSPS) is 16.0. The molecule has 0 aliphatic carbocycles. The Balaban J connectivity index is 1.70. The molecule has 4 nitrogen and oxygen atoms in total. The first-order valence-electron chi connectivity index (χ1n) is 7.92. The molecule has 0 unspecified atom stereocenters. The smallest absolute Gasteiger partial charge is 0.257 e. The molecule has 2 aromatic rings. The van der Waals surface area contributed by atoms with Crippen LogP contribution in [0, 0.1) is 13.8 Å². The Morgan fingerprint density at radius 2 is 1.77 bits per heavy atom. The van der Waals surface area contributed by atoms with E-state index in [1.54, 1.807) is 4.68 Å². The fraction of sp³-hybridized carbons (Fsp3) is 0.444. The summed E-state index contributed by atoms with van der Waals surface area (Å²) >= 11 is 0. The fourth-order valence-corrected chi connectivity index (χ4v) is 3.38. The molecule has 0 atom stereocenters. The lowest BCUT2D eigenvalue weighted by Crippen LogP contribution is -2.38. The molecule has 0 N–H and O–H groups in total. The average molecular weight is 297 g/mol. The molecule has 1 aliphatic heterocycles. The second-order valence-corrected chi connectivity index (χ2v) is 6.15. The predicted molar refractivity (Wildman–Crippen MR) is 87.0 cm³/mol. The Hall–Kier alpha value is -2.10. The number of carbonyl (C=O) groups is 1. The topological polar surface area (TPSA) is 38.1 Å². The van der Waals surface area contributed by atoms with E-state index in [1.807, 2.05) is 25.8 Å². The summed E-state index contributed by atoms with van der Waals surface area (Å²) in [6, 6.07) is 10.6. The average Bonchev–Trinajstić information content (AvgIpc) is 2.80. The molecule has 1 aromatic carbocycles. The summed E-state index contributed by atoms with van der Waals surface area (Å²) in [5.74, 6) is 0.705. The zero-order valence-corrected chi connectivity index (χ0v) is 13.5. The van der Waals surface area contributed by atoms with Gasteiger partial charge in [0.1, 0.15) is 0 Å². The molecule has 1 aliphatic rings. The Morgan fingerprint density at radius 3 is 2.32 bits per heavy atom. The van der Waals surface area contributed by atoms with E-state index in [9.17, 15) is 4.79 Å². The van der Waals surface area contributed by atoms with Crippen LogP contribution in [-0.4, -0.2) is 33.7 Å². The number of aromatic nitrogens is 2. The second kappa shape index (κ2) is 5.95. The molecular weight excluding hydrogens is 274 g/mol. The second-order valence-electron chi connectivity index (χ2n) is 6.15. The van der Waals surface area contributed by atoms with Crippen LogP contribution >= 0.6 is 0 Å². The first kappa shape index (κ1) is 14.8. The Kier molecular flexibility index (Phi) is 4.01. The molecule has 116 valence electrons. The number of amides is 1. The molecule has 0 spiro atoms. The van der Waals surface area contributed by atoms with Gasteiger partial charge in [0, 0.05) is 25.8 Å². The van der Waals surface area contributed by atoms with Gasteiger partial charge in [-0.2, -0.15) is 5.10 Å². The van der Waals surface area contributed by atoms with E-state index < -0.39 is 0 Å². The SMILES string of the molecule is Cc1nn(C)c(C)c1C(=O)N1CCC(c2ccccc2)CC1. The van der Waals surface area contributed by atoms with Gasteiger partial charge in [-0.25, -0.2) is 0 Å². The van der Waals surface area contributed by atoms with Crippen molar-refractivity contribution in [3.8, 4) is 0 Å². The molecule has 0 radical (unpaired) electrons. The summed E-state index contributed by atoms with van der Waals surface area (Å²) in [6.45, 7) is 5.53. The number of piperidine rings is 1. The van der Waals surface area contributed by atoms with Gasteiger partial charge in [-0.05, 0) is 38.2 Å². The highest BCUT2D eigenvalue weighted by atomic mass is 16.2. The van der Waals surface area contributed by atoms with Crippen LogP contribution in [0.3, 0.4) is 0 Å². The number of carbonyl (C=O) groups excluding carboxylic acids is 1. The molecule has 1 amide bonds. The highest BCUT2D eigenvalue weighted by molar-refractivity contribution is 5.96. The maximum absolute atomic E-state index is 12.8. The Morgan fingerprint density at radius 1 is 1.14 bits per heavy atom. The van der Waals surface area contributed by atoms with Gasteiger partial charge >= 0.3 is 0 Å². The number of rotatable bonds is 2. The quantitative estimate of drug-likeness (QED) is 0.854. The van der Waals surface area contributed by atoms with Crippen molar-refractivity contribution in [2.45, 2.75) is 32.6 Å². The Labute approximate surface area is 131 Å². The highest BCUT2D eigenvalue weighted by Crippen LogP contribution is 2.29. The molecule has 1 aromatic heterocycles. The van der Waals surface area contributed by atoms with Crippen LogP contribution in [0.2, 0.25) is 0 Å². The third kappa shape index (κ3) is 2.65. The molecule has 2 heterocycles. The summed E-state index contributed by atoms with van der Waals surface area (Å²) < 4.78 is 1.79. The number of benzene rings is 1. The van der Waals surface area contributed by atoms with Crippen LogP contribution in [0.5, 0.6) is 0 Å². The van der Waals surface area contributed by atoms with Crippen LogP contribution in [-0.2, 0) is 7.05 Å². The standard InChI is InChI=1S/C18H23N3O/c1-13-17(14(2)20(3)19-13)18(22)21-11-9-16(10-12-21)15-7-5-4-6-8-15/h4-8,16H,9-12H2,1-3H3. The Bertz CT molecular complexity index is 667. The molecule has 3 rings (SSSR count). The van der Waals surface area contributed by atoms with Crippen molar-refractivity contribution in [1.82, 2.24) is 14.7 Å². The van der Waals surface area contributed by atoms with Crippen LogP contribution in [0.4, 0.5) is 0 Å². The summed E-state index contributed by atoms with van der Waals surface area (Å²) in [7, 11) is 1.89. The van der Waals surface area contributed by atoms with Crippen LogP contribution in [0.1, 0.15) is 46.1 Å². The van der Waals surface area contributed by atoms with E-state index in [0.29, 0.717) is 5.92 Å². The summed E-state index contributed by atoms with van der Waals surface area (Å²) in [6.07, 6.45) is 2.07. The minimum absolute atomic E-state index is 0.134. The van der Waals surface area contributed by atoms with Crippen molar-refractivity contribution in [2.75, 3.05) is 13.1 Å². The van der Waals surface area contributed by atoms with E-state index in [-0.39, 0.29) is 5.91 Å². The van der Waals surface area contributed by atoms with Gasteiger partial charge in [0.2, 0.25) is 0 Å². The zero-order chi connectivity index (χ0) is 15.7. The van der Waals surface area contributed by atoms with Gasteiger partial charge in [0.25, 0.3) is 5.91 Å². The van der Waals surface area contributed by atoms with E-state index in [0.717, 1.165) is 42.9 Å². The fourth-order valence-electron chi connectivity index (χ4n) is 3.38. The van der Waals surface area contributed by atoms with Gasteiger partial charge in [0.05, 0.1) is 11.3 Å². The van der Waals surface area contributed by atoms with E-state index >= 15 is 0 Å².